The van der Waals surface area contributed by atoms with Gasteiger partial charge in [0.05, 0.1) is 10.5 Å². The van der Waals surface area contributed by atoms with Gasteiger partial charge in [0, 0.05) is 35.0 Å². The maximum absolute atomic E-state index is 11.3. The molecule has 0 atom stereocenters. The summed E-state index contributed by atoms with van der Waals surface area (Å²) in [5, 5.41) is 15.2. The van der Waals surface area contributed by atoms with Crippen LogP contribution >= 0.6 is 11.6 Å². The maximum atomic E-state index is 11.3. The van der Waals surface area contributed by atoms with Crippen LogP contribution in [0.3, 0.4) is 0 Å². The molecule has 0 unspecified atom stereocenters. The third-order valence-electron chi connectivity index (χ3n) is 4.56. The number of hydrogen-bond donors (Lipinski definition) is 1. The van der Waals surface area contributed by atoms with Crippen molar-refractivity contribution in [2.24, 2.45) is 0 Å². The number of anilines is 1. The second-order valence-corrected chi connectivity index (χ2v) is 7.03. The third-order valence-corrected chi connectivity index (χ3v) is 4.80. The molecule has 0 fully saturated rings. The molecule has 4 rings (SSSR count). The van der Waals surface area contributed by atoms with Crippen LogP contribution in [-0.2, 0) is 0 Å². The SMILES string of the molecule is CCCNc1ccc([N+](=O)[O-])cc1-c1nc2c(-c3cccc(Cl)c3)cccc2o1. The predicted octanol–water partition coefficient (Wildman–Crippen LogP) is 6.55. The van der Waals surface area contributed by atoms with Crippen LogP contribution < -0.4 is 5.32 Å². The molecule has 29 heavy (non-hydrogen) atoms. The van der Waals surface area contributed by atoms with E-state index in [4.69, 9.17) is 16.0 Å². The number of benzene rings is 3. The number of rotatable bonds is 6. The number of non-ortho nitro benzene ring substituents is 1. The second-order valence-electron chi connectivity index (χ2n) is 6.60. The zero-order chi connectivity index (χ0) is 20.4. The topological polar surface area (TPSA) is 81.2 Å². The van der Waals surface area contributed by atoms with Crippen molar-refractivity contribution in [1.29, 1.82) is 0 Å². The number of hydrogen-bond acceptors (Lipinski definition) is 5. The van der Waals surface area contributed by atoms with Gasteiger partial charge < -0.3 is 9.73 Å². The van der Waals surface area contributed by atoms with Gasteiger partial charge in [-0.15, -0.1) is 0 Å². The molecule has 0 saturated carbocycles. The molecule has 0 spiro atoms. The van der Waals surface area contributed by atoms with Crippen molar-refractivity contribution >= 4 is 34.1 Å². The standard InChI is InChI=1S/C22H18ClN3O3/c1-2-11-24-19-10-9-16(26(27)28)13-18(19)22-25-21-17(7-4-8-20(21)29-22)14-5-3-6-15(23)12-14/h3-10,12-13,24H,2,11H2,1H3. The van der Waals surface area contributed by atoms with E-state index in [0.29, 0.717) is 27.6 Å². The van der Waals surface area contributed by atoms with Crippen molar-refractivity contribution in [3.63, 3.8) is 0 Å². The fourth-order valence-electron chi connectivity index (χ4n) is 3.19. The quantitative estimate of drug-likeness (QED) is 0.289. The molecular weight excluding hydrogens is 390 g/mol. The van der Waals surface area contributed by atoms with E-state index >= 15 is 0 Å². The Morgan fingerprint density at radius 2 is 1.93 bits per heavy atom. The molecule has 0 bridgehead atoms. The number of nitro groups is 1. The zero-order valence-corrected chi connectivity index (χ0v) is 16.4. The van der Waals surface area contributed by atoms with Gasteiger partial charge in [-0.3, -0.25) is 10.1 Å². The van der Waals surface area contributed by atoms with Crippen molar-refractivity contribution in [2.45, 2.75) is 13.3 Å². The molecule has 7 heteroatoms. The normalized spacial score (nSPS) is 11.0. The average Bonchev–Trinajstić information content (AvgIpc) is 3.16. The van der Waals surface area contributed by atoms with Crippen LogP contribution in [0.25, 0.3) is 33.7 Å². The van der Waals surface area contributed by atoms with Crippen LogP contribution in [-0.4, -0.2) is 16.5 Å². The Labute approximate surface area is 172 Å². The lowest BCUT2D eigenvalue weighted by Gasteiger charge is -2.08. The Bertz CT molecular complexity index is 1200. The minimum Gasteiger partial charge on any atom is -0.436 e. The van der Waals surface area contributed by atoms with Crippen molar-refractivity contribution in [2.75, 3.05) is 11.9 Å². The molecule has 6 nitrogen and oxygen atoms in total. The zero-order valence-electron chi connectivity index (χ0n) is 15.7. The number of nitro benzene ring substituents is 1. The average molecular weight is 408 g/mol. The van der Waals surface area contributed by atoms with Crippen molar-refractivity contribution in [3.8, 4) is 22.6 Å². The molecule has 0 saturated heterocycles. The van der Waals surface area contributed by atoms with Crippen molar-refractivity contribution in [1.82, 2.24) is 4.98 Å². The van der Waals surface area contributed by atoms with Crippen LogP contribution in [0.4, 0.5) is 11.4 Å². The van der Waals surface area contributed by atoms with Gasteiger partial charge in [0.1, 0.15) is 5.52 Å². The van der Waals surface area contributed by atoms with Crippen LogP contribution in [0.2, 0.25) is 5.02 Å². The van der Waals surface area contributed by atoms with Gasteiger partial charge in [0.15, 0.2) is 5.58 Å². The van der Waals surface area contributed by atoms with Gasteiger partial charge in [-0.2, -0.15) is 0 Å². The fraction of sp³-hybridized carbons (Fsp3) is 0.136. The summed E-state index contributed by atoms with van der Waals surface area (Å²) in [5.41, 5.74) is 4.37. The highest BCUT2D eigenvalue weighted by atomic mass is 35.5. The summed E-state index contributed by atoms with van der Waals surface area (Å²) < 4.78 is 6.00. The lowest BCUT2D eigenvalue weighted by atomic mass is 10.0. The maximum Gasteiger partial charge on any atom is 0.270 e. The summed E-state index contributed by atoms with van der Waals surface area (Å²) in [6, 6.07) is 17.8. The highest BCUT2D eigenvalue weighted by Gasteiger charge is 2.18. The molecule has 0 amide bonds. The third kappa shape index (κ3) is 3.79. The Hall–Kier alpha value is -3.38. The molecule has 0 aliphatic heterocycles. The number of nitrogens with zero attached hydrogens (tertiary/aromatic N) is 2. The lowest BCUT2D eigenvalue weighted by Crippen LogP contribution is -2.02. The minimum atomic E-state index is -0.423. The van der Waals surface area contributed by atoms with E-state index in [1.54, 1.807) is 6.07 Å². The monoisotopic (exact) mass is 407 g/mol. The molecule has 1 N–H and O–H groups in total. The number of para-hydroxylation sites is 1. The number of halogens is 1. The van der Waals surface area contributed by atoms with Gasteiger partial charge in [-0.1, -0.05) is 42.8 Å². The van der Waals surface area contributed by atoms with E-state index in [1.165, 1.54) is 12.1 Å². The summed E-state index contributed by atoms with van der Waals surface area (Å²) >= 11 is 6.15. The highest BCUT2D eigenvalue weighted by molar-refractivity contribution is 6.30. The van der Waals surface area contributed by atoms with E-state index in [0.717, 1.165) is 29.8 Å². The lowest BCUT2D eigenvalue weighted by molar-refractivity contribution is -0.384. The van der Waals surface area contributed by atoms with Crippen LogP contribution in [0, 0.1) is 10.1 Å². The number of nitrogens with one attached hydrogen (secondary N) is 1. The molecule has 4 aromatic rings. The molecule has 3 aromatic carbocycles. The molecule has 0 aliphatic rings. The Morgan fingerprint density at radius 3 is 2.69 bits per heavy atom. The smallest absolute Gasteiger partial charge is 0.270 e. The van der Waals surface area contributed by atoms with Crippen LogP contribution in [0.1, 0.15) is 13.3 Å². The largest absolute Gasteiger partial charge is 0.436 e. The Balaban J connectivity index is 1.88. The Morgan fingerprint density at radius 1 is 1.10 bits per heavy atom. The van der Waals surface area contributed by atoms with E-state index in [2.05, 4.69) is 17.2 Å². The summed E-state index contributed by atoms with van der Waals surface area (Å²) in [7, 11) is 0. The van der Waals surface area contributed by atoms with Crippen LogP contribution in [0.5, 0.6) is 0 Å². The summed E-state index contributed by atoms with van der Waals surface area (Å²) in [6.45, 7) is 2.79. The molecule has 1 aromatic heterocycles. The van der Waals surface area contributed by atoms with E-state index in [-0.39, 0.29) is 5.69 Å². The number of oxazole rings is 1. The molecule has 0 aliphatic carbocycles. The first-order chi connectivity index (χ1) is 14.1. The second kappa shape index (κ2) is 7.93. The molecule has 146 valence electrons. The highest BCUT2D eigenvalue weighted by Crippen LogP contribution is 2.36. The predicted molar refractivity (Wildman–Crippen MR) is 115 cm³/mol. The first kappa shape index (κ1) is 19.0. The van der Waals surface area contributed by atoms with E-state index in [9.17, 15) is 10.1 Å². The first-order valence-corrected chi connectivity index (χ1v) is 9.63. The first-order valence-electron chi connectivity index (χ1n) is 9.25. The minimum absolute atomic E-state index is 0.0145. The van der Waals surface area contributed by atoms with Gasteiger partial charge >= 0.3 is 0 Å². The Kier molecular flexibility index (Phi) is 5.18. The molecule has 1 heterocycles. The molecule has 0 radical (unpaired) electrons. The van der Waals surface area contributed by atoms with Gasteiger partial charge in [0.25, 0.3) is 5.69 Å². The van der Waals surface area contributed by atoms with Crippen molar-refractivity contribution < 1.29 is 9.34 Å². The fourth-order valence-corrected chi connectivity index (χ4v) is 3.38. The number of aromatic nitrogens is 1. The van der Waals surface area contributed by atoms with E-state index < -0.39 is 4.92 Å². The molecular formula is C22H18ClN3O3. The van der Waals surface area contributed by atoms with Gasteiger partial charge in [-0.25, -0.2) is 4.98 Å². The van der Waals surface area contributed by atoms with E-state index in [1.807, 2.05) is 42.5 Å². The van der Waals surface area contributed by atoms with Crippen LogP contribution in [0.15, 0.2) is 65.1 Å². The van der Waals surface area contributed by atoms with Crippen molar-refractivity contribution in [3.05, 3.63) is 75.8 Å². The van der Waals surface area contributed by atoms with Gasteiger partial charge in [0.2, 0.25) is 5.89 Å². The number of fused-ring (bicyclic) bond motifs is 1. The summed E-state index contributed by atoms with van der Waals surface area (Å²) in [6.07, 6.45) is 0.920. The van der Waals surface area contributed by atoms with Gasteiger partial charge in [-0.05, 0) is 36.2 Å². The summed E-state index contributed by atoms with van der Waals surface area (Å²) in [4.78, 5) is 15.5. The summed E-state index contributed by atoms with van der Waals surface area (Å²) in [5.74, 6) is 0.330.